The molecule has 1 aliphatic rings. The van der Waals surface area contributed by atoms with Crippen LogP contribution >= 0.6 is 11.3 Å². The number of rotatable bonds is 1. The Morgan fingerprint density at radius 3 is 2.58 bits per heavy atom. The minimum absolute atomic E-state index is 0.707. The van der Waals surface area contributed by atoms with E-state index in [1.54, 1.807) is 11.3 Å². The van der Waals surface area contributed by atoms with Crippen LogP contribution < -0.4 is 5.73 Å². The monoisotopic (exact) mass is 182 g/mol. The van der Waals surface area contributed by atoms with Gasteiger partial charge in [-0.2, -0.15) is 0 Å². The van der Waals surface area contributed by atoms with E-state index in [1.165, 1.54) is 36.3 Å². The molecule has 0 amide bonds. The van der Waals surface area contributed by atoms with E-state index >= 15 is 0 Å². The molecule has 1 aliphatic carbocycles. The summed E-state index contributed by atoms with van der Waals surface area (Å²) < 4.78 is 0. The predicted octanol–water partition coefficient (Wildman–Crippen LogP) is 2.69. The van der Waals surface area contributed by atoms with Crippen LogP contribution in [0.1, 0.15) is 42.2 Å². The second kappa shape index (κ2) is 3.05. The second-order valence-corrected chi connectivity index (χ2v) is 4.71. The van der Waals surface area contributed by atoms with Crippen LogP contribution in [0.5, 0.6) is 0 Å². The van der Waals surface area contributed by atoms with E-state index in [0.29, 0.717) is 5.92 Å². The van der Waals surface area contributed by atoms with Crippen LogP contribution in [0.4, 0.5) is 5.13 Å². The predicted molar refractivity (Wildman–Crippen MR) is 52.5 cm³/mol. The Labute approximate surface area is 76.8 Å². The van der Waals surface area contributed by atoms with Crippen molar-refractivity contribution in [2.24, 2.45) is 0 Å². The average molecular weight is 182 g/mol. The van der Waals surface area contributed by atoms with Gasteiger partial charge >= 0.3 is 0 Å². The van der Waals surface area contributed by atoms with E-state index in [-0.39, 0.29) is 0 Å². The van der Waals surface area contributed by atoms with Crippen molar-refractivity contribution in [1.29, 1.82) is 0 Å². The summed E-state index contributed by atoms with van der Waals surface area (Å²) in [4.78, 5) is 5.71. The number of aryl methyl sites for hydroxylation is 1. The molecule has 1 aromatic rings. The van der Waals surface area contributed by atoms with Gasteiger partial charge in [0.2, 0.25) is 0 Å². The van der Waals surface area contributed by atoms with Gasteiger partial charge in [0.1, 0.15) is 0 Å². The molecule has 1 aromatic heterocycles. The summed E-state index contributed by atoms with van der Waals surface area (Å²) in [6, 6.07) is 0. The molecule has 2 rings (SSSR count). The summed E-state index contributed by atoms with van der Waals surface area (Å²) in [5.41, 5.74) is 6.93. The maximum atomic E-state index is 5.65. The highest BCUT2D eigenvalue weighted by Gasteiger charge is 2.21. The van der Waals surface area contributed by atoms with Gasteiger partial charge in [-0.3, -0.25) is 0 Å². The van der Waals surface area contributed by atoms with Crippen LogP contribution in [0.3, 0.4) is 0 Å². The van der Waals surface area contributed by atoms with Crippen LogP contribution in [-0.2, 0) is 0 Å². The van der Waals surface area contributed by atoms with E-state index in [9.17, 15) is 0 Å². The Morgan fingerprint density at radius 1 is 1.42 bits per heavy atom. The molecule has 0 aliphatic heterocycles. The van der Waals surface area contributed by atoms with Gasteiger partial charge in [-0.15, -0.1) is 11.3 Å². The molecule has 0 spiro atoms. The molecule has 0 atom stereocenters. The standard InChI is InChI=1S/C9H14N2S/c1-6-8(11-9(10)12-6)7-4-2-3-5-7/h7H,2-5H2,1H3,(H2,10,11). The van der Waals surface area contributed by atoms with Crippen molar-refractivity contribution in [3.8, 4) is 0 Å². The van der Waals surface area contributed by atoms with Crippen molar-refractivity contribution >= 4 is 16.5 Å². The van der Waals surface area contributed by atoms with Gasteiger partial charge in [-0.1, -0.05) is 12.8 Å². The van der Waals surface area contributed by atoms with Crippen LogP contribution in [-0.4, -0.2) is 4.98 Å². The Kier molecular flexibility index (Phi) is 2.05. The lowest BCUT2D eigenvalue weighted by Gasteiger charge is -2.05. The van der Waals surface area contributed by atoms with Crippen molar-refractivity contribution < 1.29 is 0 Å². The normalized spacial score (nSPS) is 18.8. The van der Waals surface area contributed by atoms with E-state index in [4.69, 9.17) is 5.73 Å². The van der Waals surface area contributed by atoms with Crippen LogP contribution in [0.25, 0.3) is 0 Å². The maximum Gasteiger partial charge on any atom is 0.180 e. The van der Waals surface area contributed by atoms with Gasteiger partial charge in [0, 0.05) is 10.8 Å². The van der Waals surface area contributed by atoms with E-state index in [2.05, 4.69) is 11.9 Å². The average Bonchev–Trinajstić information content (AvgIpc) is 2.58. The second-order valence-electron chi connectivity index (χ2n) is 3.47. The van der Waals surface area contributed by atoms with Crippen molar-refractivity contribution in [2.45, 2.75) is 38.5 Å². The fourth-order valence-corrected chi connectivity index (χ4v) is 2.78. The Morgan fingerprint density at radius 2 is 2.08 bits per heavy atom. The third kappa shape index (κ3) is 1.33. The quantitative estimate of drug-likeness (QED) is 0.725. The SMILES string of the molecule is Cc1sc(N)nc1C1CCCC1. The van der Waals surface area contributed by atoms with Crippen LogP contribution in [0.2, 0.25) is 0 Å². The smallest absolute Gasteiger partial charge is 0.180 e. The summed E-state index contributed by atoms with van der Waals surface area (Å²) in [6.45, 7) is 2.13. The first-order valence-electron chi connectivity index (χ1n) is 4.50. The minimum atomic E-state index is 0.707. The molecule has 66 valence electrons. The van der Waals surface area contributed by atoms with Gasteiger partial charge < -0.3 is 5.73 Å². The zero-order valence-corrected chi connectivity index (χ0v) is 8.16. The largest absolute Gasteiger partial charge is 0.375 e. The molecule has 2 nitrogen and oxygen atoms in total. The first-order chi connectivity index (χ1) is 5.77. The van der Waals surface area contributed by atoms with Gasteiger partial charge in [-0.05, 0) is 19.8 Å². The minimum Gasteiger partial charge on any atom is -0.375 e. The molecule has 1 saturated carbocycles. The summed E-state index contributed by atoms with van der Waals surface area (Å²) in [6.07, 6.45) is 5.34. The molecule has 1 fully saturated rings. The Hall–Kier alpha value is -0.570. The molecular formula is C9H14N2S. The highest BCUT2D eigenvalue weighted by Crippen LogP contribution is 2.37. The maximum absolute atomic E-state index is 5.65. The van der Waals surface area contributed by atoms with Gasteiger partial charge in [-0.25, -0.2) is 4.98 Å². The lowest BCUT2D eigenvalue weighted by molar-refractivity contribution is 0.699. The lowest BCUT2D eigenvalue weighted by Crippen LogP contribution is -1.95. The third-order valence-corrected chi connectivity index (χ3v) is 3.41. The van der Waals surface area contributed by atoms with Crippen molar-refractivity contribution in [3.63, 3.8) is 0 Å². The topological polar surface area (TPSA) is 38.9 Å². The van der Waals surface area contributed by atoms with Gasteiger partial charge in [0.15, 0.2) is 5.13 Å². The summed E-state index contributed by atoms with van der Waals surface area (Å²) in [7, 11) is 0. The number of hydrogen-bond acceptors (Lipinski definition) is 3. The van der Waals surface area contributed by atoms with Crippen LogP contribution in [0, 0.1) is 6.92 Å². The first kappa shape index (κ1) is 8.05. The number of anilines is 1. The van der Waals surface area contributed by atoms with Gasteiger partial charge in [0.05, 0.1) is 5.69 Å². The molecule has 1 heterocycles. The zero-order chi connectivity index (χ0) is 8.55. The summed E-state index contributed by atoms with van der Waals surface area (Å²) >= 11 is 1.62. The summed E-state index contributed by atoms with van der Waals surface area (Å²) in [5, 5.41) is 0.731. The molecule has 0 aromatic carbocycles. The molecule has 0 bridgehead atoms. The van der Waals surface area contributed by atoms with Crippen LogP contribution in [0.15, 0.2) is 0 Å². The summed E-state index contributed by atoms with van der Waals surface area (Å²) in [5.74, 6) is 0.707. The lowest BCUT2D eigenvalue weighted by atomic mass is 10.0. The molecule has 0 saturated heterocycles. The first-order valence-corrected chi connectivity index (χ1v) is 5.32. The molecule has 0 radical (unpaired) electrons. The molecule has 2 N–H and O–H groups in total. The fourth-order valence-electron chi connectivity index (χ4n) is 2.01. The molecule has 0 unspecified atom stereocenters. The fraction of sp³-hybridized carbons (Fsp3) is 0.667. The molecule has 12 heavy (non-hydrogen) atoms. The zero-order valence-electron chi connectivity index (χ0n) is 7.34. The number of thiazole rings is 1. The highest BCUT2D eigenvalue weighted by atomic mass is 32.1. The number of nitrogens with two attached hydrogens (primary N) is 1. The van der Waals surface area contributed by atoms with E-state index < -0.39 is 0 Å². The van der Waals surface area contributed by atoms with Gasteiger partial charge in [0.25, 0.3) is 0 Å². The number of aromatic nitrogens is 1. The van der Waals surface area contributed by atoms with E-state index in [0.717, 1.165) is 5.13 Å². The Bertz CT molecular complexity index is 274. The highest BCUT2D eigenvalue weighted by molar-refractivity contribution is 7.15. The van der Waals surface area contributed by atoms with E-state index in [1.807, 2.05) is 0 Å². The number of nitrogen functional groups attached to an aromatic ring is 1. The van der Waals surface area contributed by atoms with Crippen molar-refractivity contribution in [3.05, 3.63) is 10.6 Å². The number of nitrogens with zero attached hydrogens (tertiary/aromatic N) is 1. The number of hydrogen-bond donors (Lipinski definition) is 1. The molecular weight excluding hydrogens is 168 g/mol. The van der Waals surface area contributed by atoms with Crippen molar-refractivity contribution in [1.82, 2.24) is 4.98 Å². The van der Waals surface area contributed by atoms with Crippen molar-refractivity contribution in [2.75, 3.05) is 5.73 Å². The molecule has 3 heteroatoms. The third-order valence-electron chi connectivity index (χ3n) is 2.59. The Balaban J connectivity index is 2.25.